The highest BCUT2D eigenvalue weighted by molar-refractivity contribution is 7.99. The average molecular weight is 506 g/mol. The summed E-state index contributed by atoms with van der Waals surface area (Å²) in [4.78, 5) is 34.5. The number of nitrogens with zero attached hydrogens (tertiary/aromatic N) is 2. The molecule has 6 nitrogen and oxygen atoms in total. The van der Waals surface area contributed by atoms with Crippen molar-refractivity contribution in [3.63, 3.8) is 0 Å². The maximum Gasteiger partial charge on any atom is 0.350 e. The molecule has 0 atom stereocenters. The van der Waals surface area contributed by atoms with Crippen molar-refractivity contribution in [1.29, 1.82) is 0 Å². The molecule has 0 fully saturated rings. The van der Waals surface area contributed by atoms with Crippen LogP contribution >= 0.6 is 23.1 Å². The number of carbonyl (C=O) groups excluding carboxylic acids is 2. The second-order valence-electron chi connectivity index (χ2n) is 8.40. The first-order valence-corrected chi connectivity index (χ1v) is 13.1. The number of carbonyl (C=O) groups is 2. The summed E-state index contributed by atoms with van der Waals surface area (Å²) in [5, 5.41) is 5.27. The molecule has 2 aromatic heterocycles. The maximum atomic E-state index is 12.5. The molecule has 0 aliphatic rings. The van der Waals surface area contributed by atoms with Crippen molar-refractivity contribution in [2.75, 3.05) is 11.1 Å². The zero-order valence-corrected chi connectivity index (χ0v) is 21.8. The monoisotopic (exact) mass is 505 g/mol. The Morgan fingerprint density at radius 3 is 2.54 bits per heavy atom. The third kappa shape index (κ3) is 6.26. The number of rotatable bonds is 8. The quantitative estimate of drug-likeness (QED) is 0.220. The lowest BCUT2D eigenvalue weighted by atomic mass is 10.0. The van der Waals surface area contributed by atoms with Crippen LogP contribution < -0.4 is 5.32 Å². The first-order chi connectivity index (χ1) is 16.8. The van der Waals surface area contributed by atoms with Gasteiger partial charge in [0.2, 0.25) is 5.91 Å². The molecule has 0 saturated heterocycles. The zero-order chi connectivity index (χ0) is 24.9. The van der Waals surface area contributed by atoms with Crippen LogP contribution in [0.1, 0.15) is 44.0 Å². The Labute approximate surface area is 213 Å². The normalized spacial score (nSPS) is 11.0. The van der Waals surface area contributed by atoms with E-state index < -0.39 is 5.97 Å². The molecule has 1 amide bonds. The molecule has 0 radical (unpaired) electrons. The van der Waals surface area contributed by atoms with Gasteiger partial charge in [0.1, 0.15) is 11.5 Å². The van der Waals surface area contributed by atoms with Gasteiger partial charge in [-0.05, 0) is 56.5 Å². The number of nitrogens with one attached hydrogen (secondary N) is 1. The zero-order valence-electron chi connectivity index (χ0n) is 20.2. The van der Waals surface area contributed by atoms with Crippen molar-refractivity contribution in [3.05, 3.63) is 81.4 Å². The van der Waals surface area contributed by atoms with Crippen LogP contribution in [0.4, 0.5) is 5.13 Å². The number of thioether (sulfide) groups is 1. The Morgan fingerprint density at radius 2 is 1.77 bits per heavy atom. The fraction of sp³-hybridized carbons (Fsp3) is 0.259. The minimum absolute atomic E-state index is 0.153. The van der Waals surface area contributed by atoms with Crippen molar-refractivity contribution in [2.24, 2.45) is 0 Å². The Bertz CT molecular complexity index is 1380. The molecule has 2 aromatic carbocycles. The number of hydrogen-bond donors (Lipinski definition) is 1. The molecule has 0 spiro atoms. The molecule has 0 saturated carbocycles. The van der Waals surface area contributed by atoms with Crippen LogP contribution in [0.2, 0.25) is 0 Å². The molecule has 2 heterocycles. The third-order valence-corrected chi connectivity index (χ3v) is 7.42. The van der Waals surface area contributed by atoms with Gasteiger partial charge in [-0.1, -0.05) is 53.3 Å². The largest absolute Gasteiger partial charge is 0.457 e. The smallest absolute Gasteiger partial charge is 0.350 e. The van der Waals surface area contributed by atoms with E-state index >= 15 is 0 Å². The van der Waals surface area contributed by atoms with Gasteiger partial charge >= 0.3 is 5.97 Å². The van der Waals surface area contributed by atoms with E-state index in [1.165, 1.54) is 16.5 Å². The van der Waals surface area contributed by atoms with Crippen LogP contribution in [-0.4, -0.2) is 27.6 Å². The summed E-state index contributed by atoms with van der Waals surface area (Å²) in [6.07, 6.45) is 0.308. The summed E-state index contributed by atoms with van der Waals surface area (Å²) in [7, 11) is 0. The summed E-state index contributed by atoms with van der Waals surface area (Å²) in [6.45, 7) is 8.18. The molecule has 0 unspecified atom stereocenters. The first kappa shape index (κ1) is 24.9. The Morgan fingerprint density at radius 1 is 1.00 bits per heavy atom. The van der Waals surface area contributed by atoms with Crippen LogP contribution in [0.5, 0.6) is 0 Å². The predicted octanol–water partition coefficient (Wildman–Crippen LogP) is 6.40. The highest BCUT2D eigenvalue weighted by atomic mass is 32.2. The third-order valence-electron chi connectivity index (χ3n) is 5.45. The number of esters is 1. The molecule has 1 N–H and O–H groups in total. The van der Waals surface area contributed by atoms with Gasteiger partial charge < -0.3 is 10.1 Å². The molecule has 0 aliphatic heterocycles. The average Bonchev–Trinajstić information content (AvgIpc) is 3.18. The number of pyridine rings is 1. The van der Waals surface area contributed by atoms with Crippen LogP contribution in [0.25, 0.3) is 10.9 Å². The van der Waals surface area contributed by atoms with E-state index in [-0.39, 0.29) is 12.5 Å². The fourth-order valence-electron chi connectivity index (χ4n) is 3.75. The van der Waals surface area contributed by atoms with Gasteiger partial charge in [-0.2, -0.15) is 0 Å². The maximum absolute atomic E-state index is 12.5. The second kappa shape index (κ2) is 11.0. The number of amides is 1. The molecular weight excluding hydrogens is 478 g/mol. The van der Waals surface area contributed by atoms with E-state index in [0.717, 1.165) is 33.0 Å². The molecule has 4 rings (SSSR count). The summed E-state index contributed by atoms with van der Waals surface area (Å²) in [5.41, 5.74) is 6.02. The van der Waals surface area contributed by atoms with E-state index in [1.807, 2.05) is 30.3 Å². The lowest BCUT2D eigenvalue weighted by Crippen LogP contribution is -2.12. The number of fused-ring (bicyclic) bond motifs is 1. The van der Waals surface area contributed by atoms with Gasteiger partial charge in [0, 0.05) is 17.6 Å². The Balaban J connectivity index is 1.31. The van der Waals surface area contributed by atoms with E-state index in [1.54, 1.807) is 18.7 Å². The topological polar surface area (TPSA) is 81.2 Å². The summed E-state index contributed by atoms with van der Waals surface area (Å²) in [5.74, 6) is -0.00621. The second-order valence-corrected chi connectivity index (χ2v) is 10.5. The van der Waals surface area contributed by atoms with Gasteiger partial charge in [0.15, 0.2) is 5.13 Å². The van der Waals surface area contributed by atoms with Crippen LogP contribution in [0.3, 0.4) is 0 Å². The predicted molar refractivity (Wildman–Crippen MR) is 142 cm³/mol. The number of hydrogen-bond acceptors (Lipinski definition) is 7. The minimum atomic E-state index is -0.442. The van der Waals surface area contributed by atoms with Crippen molar-refractivity contribution >= 4 is 51.0 Å². The van der Waals surface area contributed by atoms with Crippen molar-refractivity contribution in [2.45, 2.75) is 45.7 Å². The molecule has 8 heteroatoms. The van der Waals surface area contributed by atoms with E-state index in [2.05, 4.69) is 49.3 Å². The fourth-order valence-corrected chi connectivity index (χ4v) is 5.54. The Hall–Kier alpha value is -3.23. The molecule has 0 bridgehead atoms. The first-order valence-electron chi connectivity index (χ1n) is 11.3. The van der Waals surface area contributed by atoms with Gasteiger partial charge in [0.25, 0.3) is 0 Å². The summed E-state index contributed by atoms with van der Waals surface area (Å²) in [6, 6.07) is 15.9. The van der Waals surface area contributed by atoms with Gasteiger partial charge in [0.05, 0.1) is 16.2 Å². The van der Waals surface area contributed by atoms with Gasteiger partial charge in [-0.25, -0.2) is 14.8 Å². The number of thiazole rings is 1. The number of aryl methyl sites for hydroxylation is 4. The standard InChI is InChI=1S/C27H27N3O3S2/c1-16-12-18(3)24-21(13-16)17(2)14-23(30-24)34-11-10-22(31)29-27-28-19(4)25(35-27)26(32)33-15-20-8-6-5-7-9-20/h5-9,12-14H,10-11,15H2,1-4H3,(H,28,29,31). The lowest BCUT2D eigenvalue weighted by molar-refractivity contribution is -0.115. The highest BCUT2D eigenvalue weighted by Gasteiger charge is 2.18. The number of anilines is 1. The molecule has 35 heavy (non-hydrogen) atoms. The summed E-state index contributed by atoms with van der Waals surface area (Å²) < 4.78 is 5.39. The molecule has 180 valence electrons. The van der Waals surface area contributed by atoms with Gasteiger partial charge in [-0.3, -0.25) is 4.79 Å². The lowest BCUT2D eigenvalue weighted by Gasteiger charge is -2.09. The number of aromatic nitrogens is 2. The number of ether oxygens (including phenoxy) is 1. The molecular formula is C27H27N3O3S2. The van der Waals surface area contributed by atoms with Crippen LogP contribution in [0.15, 0.2) is 53.6 Å². The molecule has 0 aliphatic carbocycles. The van der Waals surface area contributed by atoms with Crippen molar-refractivity contribution < 1.29 is 14.3 Å². The number of benzene rings is 2. The Kier molecular flexibility index (Phi) is 7.83. The van der Waals surface area contributed by atoms with Crippen LogP contribution in [-0.2, 0) is 16.1 Å². The van der Waals surface area contributed by atoms with E-state index in [0.29, 0.717) is 27.9 Å². The SMILES string of the molecule is Cc1cc(C)c2nc(SCCC(=O)Nc3nc(C)c(C(=O)OCc4ccccc4)s3)cc(C)c2c1. The summed E-state index contributed by atoms with van der Waals surface area (Å²) >= 11 is 2.69. The van der Waals surface area contributed by atoms with Crippen molar-refractivity contribution in [1.82, 2.24) is 9.97 Å². The van der Waals surface area contributed by atoms with Gasteiger partial charge in [-0.15, -0.1) is 11.8 Å². The highest BCUT2D eigenvalue weighted by Crippen LogP contribution is 2.28. The van der Waals surface area contributed by atoms with E-state index in [4.69, 9.17) is 9.72 Å². The van der Waals surface area contributed by atoms with Crippen molar-refractivity contribution in [3.8, 4) is 0 Å². The minimum Gasteiger partial charge on any atom is -0.457 e. The van der Waals surface area contributed by atoms with Crippen LogP contribution in [0, 0.1) is 27.7 Å². The molecule has 4 aromatic rings. The van der Waals surface area contributed by atoms with E-state index in [9.17, 15) is 9.59 Å².